The lowest BCUT2D eigenvalue weighted by molar-refractivity contribution is -0.130. The molecule has 0 aromatic heterocycles. The Labute approximate surface area is 156 Å². The van der Waals surface area contributed by atoms with Gasteiger partial charge in [-0.25, -0.2) is 21.9 Å². The molecule has 0 saturated heterocycles. The molecule has 0 aliphatic carbocycles. The quantitative estimate of drug-likeness (QED) is 0.703. The van der Waals surface area contributed by atoms with Gasteiger partial charge in [-0.1, -0.05) is 0 Å². The van der Waals surface area contributed by atoms with Gasteiger partial charge in [-0.15, -0.1) is 0 Å². The van der Waals surface area contributed by atoms with Gasteiger partial charge in [0.15, 0.2) is 0 Å². The average molecular weight is 398 g/mol. The van der Waals surface area contributed by atoms with Crippen LogP contribution in [0.2, 0.25) is 0 Å². The van der Waals surface area contributed by atoms with E-state index < -0.39 is 15.8 Å². The van der Waals surface area contributed by atoms with Crippen molar-refractivity contribution in [2.75, 3.05) is 26.7 Å². The number of rotatable bonds is 9. The van der Waals surface area contributed by atoms with Crippen LogP contribution in [0.3, 0.4) is 0 Å². The van der Waals surface area contributed by atoms with Crippen LogP contribution in [0, 0.1) is 11.6 Å². The van der Waals surface area contributed by atoms with E-state index in [1.54, 1.807) is 7.05 Å². The monoisotopic (exact) mass is 398 g/mol. The summed E-state index contributed by atoms with van der Waals surface area (Å²) >= 11 is 0. The molecule has 0 unspecified atom stereocenters. The van der Waals surface area contributed by atoms with Gasteiger partial charge in [0, 0.05) is 20.0 Å². The van der Waals surface area contributed by atoms with Gasteiger partial charge in [0.25, 0.3) is 0 Å². The third-order valence-corrected chi connectivity index (χ3v) is 5.17. The first-order valence-corrected chi connectivity index (χ1v) is 9.64. The van der Waals surface area contributed by atoms with E-state index in [2.05, 4.69) is 4.72 Å². The molecule has 0 fully saturated rings. The van der Waals surface area contributed by atoms with Crippen molar-refractivity contribution in [3.05, 3.63) is 60.2 Å². The van der Waals surface area contributed by atoms with E-state index in [1.165, 1.54) is 29.2 Å². The maximum absolute atomic E-state index is 12.9. The Balaban J connectivity index is 1.72. The topological polar surface area (TPSA) is 75.7 Å². The molecule has 1 amide bonds. The molecule has 2 aromatic rings. The van der Waals surface area contributed by atoms with E-state index in [9.17, 15) is 22.0 Å². The zero-order chi connectivity index (χ0) is 19.9. The molecule has 2 rings (SSSR count). The number of hydrogen-bond acceptors (Lipinski definition) is 4. The van der Waals surface area contributed by atoms with Crippen molar-refractivity contribution in [1.29, 1.82) is 0 Å². The van der Waals surface area contributed by atoms with Crippen molar-refractivity contribution in [1.82, 2.24) is 9.62 Å². The van der Waals surface area contributed by atoms with Gasteiger partial charge in [0.05, 0.1) is 11.4 Å². The summed E-state index contributed by atoms with van der Waals surface area (Å²) in [7, 11) is -2.22. The highest BCUT2D eigenvalue weighted by atomic mass is 32.2. The van der Waals surface area contributed by atoms with Crippen molar-refractivity contribution >= 4 is 15.9 Å². The number of halogens is 2. The Morgan fingerprint density at radius 1 is 1.04 bits per heavy atom. The first-order valence-electron chi connectivity index (χ1n) is 8.15. The smallest absolute Gasteiger partial charge is 0.240 e. The summed E-state index contributed by atoms with van der Waals surface area (Å²) in [5.74, 6) is -0.671. The van der Waals surface area contributed by atoms with Gasteiger partial charge < -0.3 is 9.64 Å². The number of ether oxygens (including phenoxy) is 1. The third-order valence-electron chi connectivity index (χ3n) is 3.69. The second-order valence-electron chi connectivity index (χ2n) is 5.72. The van der Waals surface area contributed by atoms with Crippen LogP contribution in [-0.2, 0) is 14.8 Å². The van der Waals surface area contributed by atoms with Crippen LogP contribution in [0.1, 0.15) is 6.42 Å². The fraction of sp³-hybridized carbons (Fsp3) is 0.278. The Hall–Kier alpha value is -2.52. The van der Waals surface area contributed by atoms with E-state index in [4.69, 9.17) is 4.74 Å². The molecule has 0 aliphatic heterocycles. The Kier molecular flexibility index (Phi) is 7.26. The Morgan fingerprint density at radius 3 is 2.19 bits per heavy atom. The zero-order valence-corrected chi connectivity index (χ0v) is 15.5. The van der Waals surface area contributed by atoms with E-state index in [-0.39, 0.29) is 36.2 Å². The molecular formula is C18H20F2N2O4S. The molecule has 27 heavy (non-hydrogen) atoms. The summed E-state index contributed by atoms with van der Waals surface area (Å²) in [4.78, 5) is 13.4. The second-order valence-corrected chi connectivity index (χ2v) is 7.49. The minimum atomic E-state index is -3.80. The number of benzene rings is 2. The standard InChI is InChI=1S/C18H20F2N2O4S/c1-22(12-13-26-16-6-2-14(19)3-7-16)18(23)10-11-21-27(24,25)17-8-4-15(20)5-9-17/h2-9,21H,10-13H2,1H3. The molecule has 6 nitrogen and oxygen atoms in total. The lowest BCUT2D eigenvalue weighted by atomic mass is 10.3. The SMILES string of the molecule is CN(CCOc1ccc(F)cc1)C(=O)CCNS(=O)(=O)c1ccc(F)cc1. The first kappa shape index (κ1) is 20.8. The fourth-order valence-corrected chi connectivity index (χ4v) is 3.17. The summed E-state index contributed by atoms with van der Waals surface area (Å²) in [6.45, 7) is 0.428. The van der Waals surface area contributed by atoms with Crippen LogP contribution >= 0.6 is 0 Å². The molecule has 0 aliphatic rings. The van der Waals surface area contributed by atoms with Gasteiger partial charge in [-0.05, 0) is 48.5 Å². The number of nitrogens with one attached hydrogen (secondary N) is 1. The molecule has 9 heteroatoms. The van der Waals surface area contributed by atoms with Gasteiger partial charge >= 0.3 is 0 Å². The van der Waals surface area contributed by atoms with E-state index in [0.29, 0.717) is 12.3 Å². The predicted molar refractivity (Wildman–Crippen MR) is 95.7 cm³/mol. The molecule has 1 N–H and O–H groups in total. The molecule has 0 heterocycles. The zero-order valence-electron chi connectivity index (χ0n) is 14.7. The van der Waals surface area contributed by atoms with E-state index in [1.807, 2.05) is 0 Å². The number of hydrogen-bond donors (Lipinski definition) is 1. The summed E-state index contributed by atoms with van der Waals surface area (Å²) in [6.07, 6.45) is -0.0343. The average Bonchev–Trinajstić information content (AvgIpc) is 2.63. The number of carbonyl (C=O) groups is 1. The highest BCUT2D eigenvalue weighted by Gasteiger charge is 2.15. The summed E-state index contributed by atoms with van der Waals surface area (Å²) in [5.41, 5.74) is 0. The molecular weight excluding hydrogens is 378 g/mol. The van der Waals surface area contributed by atoms with Crippen molar-refractivity contribution in [2.45, 2.75) is 11.3 Å². The van der Waals surface area contributed by atoms with Crippen LogP contribution in [-0.4, -0.2) is 46.0 Å². The van der Waals surface area contributed by atoms with Crippen molar-refractivity contribution in [3.63, 3.8) is 0 Å². The first-order chi connectivity index (χ1) is 12.8. The maximum atomic E-state index is 12.9. The van der Waals surface area contributed by atoms with Gasteiger partial charge in [0.2, 0.25) is 15.9 Å². The second kappa shape index (κ2) is 9.43. The van der Waals surface area contributed by atoms with Crippen LogP contribution in [0.4, 0.5) is 8.78 Å². The number of amides is 1. The highest BCUT2D eigenvalue weighted by Crippen LogP contribution is 2.11. The van der Waals surface area contributed by atoms with E-state index >= 15 is 0 Å². The molecule has 0 atom stereocenters. The van der Waals surface area contributed by atoms with Crippen LogP contribution in [0.15, 0.2) is 53.4 Å². The minimum Gasteiger partial charge on any atom is -0.492 e. The maximum Gasteiger partial charge on any atom is 0.240 e. The van der Waals surface area contributed by atoms with Gasteiger partial charge in [0.1, 0.15) is 24.0 Å². The number of likely N-dealkylation sites (N-methyl/N-ethyl adjacent to an activating group) is 1. The van der Waals surface area contributed by atoms with Gasteiger partial charge in [-0.2, -0.15) is 0 Å². The predicted octanol–water partition coefficient (Wildman–Crippen LogP) is 2.17. The van der Waals surface area contributed by atoms with E-state index in [0.717, 1.165) is 24.3 Å². The van der Waals surface area contributed by atoms with Crippen molar-refractivity contribution in [3.8, 4) is 5.75 Å². The Morgan fingerprint density at radius 2 is 1.59 bits per heavy atom. The third kappa shape index (κ3) is 6.61. The van der Waals surface area contributed by atoms with Crippen LogP contribution in [0.5, 0.6) is 5.75 Å². The lowest BCUT2D eigenvalue weighted by Gasteiger charge is -2.17. The normalized spacial score (nSPS) is 11.2. The Bertz CT molecular complexity index is 856. The van der Waals surface area contributed by atoms with Crippen molar-refractivity contribution in [2.24, 2.45) is 0 Å². The number of sulfonamides is 1. The van der Waals surface area contributed by atoms with Gasteiger partial charge in [-0.3, -0.25) is 4.79 Å². The lowest BCUT2D eigenvalue weighted by Crippen LogP contribution is -2.34. The molecule has 2 aromatic carbocycles. The number of carbonyl (C=O) groups excluding carboxylic acids is 1. The fourth-order valence-electron chi connectivity index (χ4n) is 2.14. The molecule has 0 spiro atoms. The summed E-state index contributed by atoms with van der Waals surface area (Å²) < 4.78 is 57.4. The molecule has 0 radical (unpaired) electrons. The summed E-state index contributed by atoms with van der Waals surface area (Å²) in [6, 6.07) is 9.93. The molecule has 0 bridgehead atoms. The van der Waals surface area contributed by atoms with Crippen LogP contribution < -0.4 is 9.46 Å². The molecule has 0 saturated carbocycles. The van der Waals surface area contributed by atoms with Crippen molar-refractivity contribution < 1.29 is 26.7 Å². The summed E-state index contributed by atoms with van der Waals surface area (Å²) in [5, 5.41) is 0. The highest BCUT2D eigenvalue weighted by molar-refractivity contribution is 7.89. The van der Waals surface area contributed by atoms with Crippen LogP contribution in [0.25, 0.3) is 0 Å². The minimum absolute atomic E-state index is 0.0343. The number of nitrogens with zero attached hydrogens (tertiary/aromatic N) is 1. The largest absolute Gasteiger partial charge is 0.492 e. The molecule has 146 valence electrons.